The minimum atomic E-state index is 0.0336. The fraction of sp³-hybridized carbons (Fsp3) is 0.176. The minimum Gasteiger partial charge on any atom is -0.291 e. The molecule has 0 aromatic heterocycles. The van der Waals surface area contributed by atoms with Gasteiger partial charge in [0.2, 0.25) is 0 Å². The zero-order chi connectivity index (χ0) is 13.5. The molecule has 0 saturated carbocycles. The van der Waals surface area contributed by atoms with Gasteiger partial charge in [-0.25, -0.2) is 0 Å². The quantitative estimate of drug-likeness (QED) is 0.583. The third-order valence-corrected chi connectivity index (χ3v) is 3.02. The second-order valence-electron chi connectivity index (χ2n) is 4.35. The van der Waals surface area contributed by atoms with Crippen molar-refractivity contribution in [1.29, 1.82) is 0 Å². The van der Waals surface area contributed by atoms with E-state index in [-0.39, 0.29) is 5.78 Å². The topological polar surface area (TPSA) is 34.1 Å². The van der Waals surface area contributed by atoms with Crippen molar-refractivity contribution < 1.29 is 9.59 Å². The highest BCUT2D eigenvalue weighted by Gasteiger charge is 2.12. The number of ketones is 1. The normalized spacial score (nSPS) is 10.1. The molecule has 2 heteroatoms. The van der Waals surface area contributed by atoms with Crippen molar-refractivity contribution in [2.24, 2.45) is 0 Å². The van der Waals surface area contributed by atoms with E-state index in [1.54, 1.807) is 0 Å². The van der Waals surface area contributed by atoms with Gasteiger partial charge in [0.1, 0.15) is 0 Å². The van der Waals surface area contributed by atoms with Crippen LogP contribution in [0.3, 0.4) is 0 Å². The summed E-state index contributed by atoms with van der Waals surface area (Å²) in [4.78, 5) is 22.7. The number of rotatable bonds is 6. The number of unbranched alkanes of at least 4 members (excludes halogenated alkanes) is 1. The van der Waals surface area contributed by atoms with Crippen molar-refractivity contribution in [2.45, 2.75) is 19.3 Å². The highest BCUT2D eigenvalue weighted by molar-refractivity contribution is 6.09. The average molecular weight is 251 g/mol. The van der Waals surface area contributed by atoms with Crippen molar-refractivity contribution in [2.75, 3.05) is 0 Å². The fourth-order valence-corrected chi connectivity index (χ4v) is 2.06. The summed E-state index contributed by atoms with van der Waals surface area (Å²) in [5, 5.41) is 0. The molecule has 0 atom stereocenters. The van der Waals surface area contributed by atoms with Gasteiger partial charge < -0.3 is 0 Å². The first kappa shape index (κ1) is 13.2. The monoisotopic (exact) mass is 251 g/mol. The van der Waals surface area contributed by atoms with Crippen molar-refractivity contribution in [3.63, 3.8) is 0 Å². The van der Waals surface area contributed by atoms with Crippen molar-refractivity contribution in [3.05, 3.63) is 71.3 Å². The lowest BCUT2D eigenvalue weighted by Gasteiger charge is -2.07. The third-order valence-electron chi connectivity index (χ3n) is 3.02. The van der Waals surface area contributed by atoms with E-state index in [2.05, 4.69) is 0 Å². The molecule has 2 aromatic rings. The van der Waals surface area contributed by atoms with Crippen molar-refractivity contribution in [3.8, 4) is 0 Å². The van der Waals surface area contributed by atoms with Crippen molar-refractivity contribution in [1.82, 2.24) is 0 Å². The molecule has 2 nitrogen and oxygen atoms in total. The van der Waals surface area contributed by atoms with Crippen LogP contribution in [0.1, 0.15) is 34.3 Å². The van der Waals surface area contributed by atoms with Gasteiger partial charge in [0.15, 0.2) is 12.1 Å². The van der Waals surface area contributed by atoms with E-state index in [0.29, 0.717) is 12.0 Å². The zero-order valence-corrected chi connectivity index (χ0v) is 10.6. The van der Waals surface area contributed by atoms with Crippen LogP contribution in [0, 0.1) is 0 Å². The van der Waals surface area contributed by atoms with Crippen LogP contribution in [-0.2, 0) is 11.2 Å². The zero-order valence-electron chi connectivity index (χ0n) is 10.6. The van der Waals surface area contributed by atoms with E-state index < -0.39 is 0 Å². The second kappa shape index (κ2) is 6.64. The first-order chi connectivity index (χ1) is 9.33. The van der Waals surface area contributed by atoms with Crippen LogP contribution in [-0.4, -0.2) is 12.1 Å². The number of hydrogen-bond acceptors (Lipinski definition) is 2. The molecule has 0 aliphatic carbocycles. The maximum Gasteiger partial charge on any atom is 0.198 e. The highest BCUT2D eigenvalue weighted by Crippen LogP contribution is 2.16. The molecule has 0 amide bonds. The van der Waals surface area contributed by atoms with Gasteiger partial charge in [-0.2, -0.15) is 0 Å². The van der Waals surface area contributed by atoms with Gasteiger partial charge in [0, 0.05) is 17.5 Å². The standard InChI is InChI=1S/C17H15O2/c18-13-7-6-9-14-8-4-5-12-16(14)17(19)15-10-2-1-3-11-15/h1-5,8,10-12H,6-7,9H2. The lowest BCUT2D eigenvalue weighted by Crippen LogP contribution is -2.05. The average Bonchev–Trinajstić information content (AvgIpc) is 2.48. The van der Waals surface area contributed by atoms with Crippen LogP contribution in [0.4, 0.5) is 0 Å². The fourth-order valence-electron chi connectivity index (χ4n) is 2.06. The summed E-state index contributed by atoms with van der Waals surface area (Å²) >= 11 is 0. The summed E-state index contributed by atoms with van der Waals surface area (Å²) in [6, 6.07) is 16.8. The summed E-state index contributed by atoms with van der Waals surface area (Å²) in [5.74, 6) is 0.0336. The highest BCUT2D eigenvalue weighted by atomic mass is 16.1. The Kier molecular flexibility index (Phi) is 4.62. The van der Waals surface area contributed by atoms with E-state index in [0.717, 1.165) is 24.0 Å². The molecule has 0 aliphatic heterocycles. The number of aryl methyl sites for hydroxylation is 1. The molecular weight excluding hydrogens is 236 g/mol. The summed E-state index contributed by atoms with van der Waals surface area (Å²) in [6.07, 6.45) is 3.74. The lowest BCUT2D eigenvalue weighted by molar-refractivity contribution is 0.103. The van der Waals surface area contributed by atoms with E-state index in [9.17, 15) is 9.59 Å². The van der Waals surface area contributed by atoms with Gasteiger partial charge in [-0.3, -0.25) is 9.59 Å². The van der Waals surface area contributed by atoms with Gasteiger partial charge >= 0.3 is 0 Å². The summed E-state index contributed by atoms with van der Waals surface area (Å²) in [5.41, 5.74) is 2.41. The first-order valence-corrected chi connectivity index (χ1v) is 6.35. The largest absolute Gasteiger partial charge is 0.291 e. The Balaban J connectivity index is 2.24. The first-order valence-electron chi connectivity index (χ1n) is 6.35. The van der Waals surface area contributed by atoms with Gasteiger partial charge in [-0.05, 0) is 18.4 Å². The Bertz CT molecular complexity index is 558. The van der Waals surface area contributed by atoms with Gasteiger partial charge in [0.25, 0.3) is 0 Å². The molecule has 0 spiro atoms. The minimum absolute atomic E-state index is 0.0336. The van der Waals surface area contributed by atoms with E-state index in [1.165, 1.54) is 0 Å². The Morgan fingerprint density at radius 2 is 1.63 bits per heavy atom. The molecule has 0 bridgehead atoms. The molecule has 0 unspecified atom stereocenters. The maximum absolute atomic E-state index is 12.4. The number of carbonyl (C=O) groups is 1. The Hall–Kier alpha value is -2.22. The molecule has 2 aromatic carbocycles. The number of hydrogen-bond donors (Lipinski definition) is 0. The smallest absolute Gasteiger partial charge is 0.198 e. The molecule has 0 aliphatic rings. The van der Waals surface area contributed by atoms with Crippen LogP contribution in [0.5, 0.6) is 0 Å². The molecule has 0 saturated heterocycles. The van der Waals surface area contributed by atoms with Gasteiger partial charge in [-0.15, -0.1) is 0 Å². The summed E-state index contributed by atoms with van der Waals surface area (Å²) < 4.78 is 0. The Morgan fingerprint density at radius 3 is 2.37 bits per heavy atom. The molecule has 2 rings (SSSR count). The third kappa shape index (κ3) is 3.38. The summed E-state index contributed by atoms with van der Waals surface area (Å²) in [6.45, 7) is 0. The maximum atomic E-state index is 12.4. The van der Waals surface area contributed by atoms with Crippen LogP contribution in [0.15, 0.2) is 54.6 Å². The molecule has 0 N–H and O–H groups in total. The molecule has 1 radical (unpaired) electrons. The van der Waals surface area contributed by atoms with Gasteiger partial charge in [-0.1, -0.05) is 54.6 Å². The molecule has 19 heavy (non-hydrogen) atoms. The van der Waals surface area contributed by atoms with Crippen molar-refractivity contribution >= 4 is 12.1 Å². The van der Waals surface area contributed by atoms with Gasteiger partial charge in [0.05, 0.1) is 0 Å². The van der Waals surface area contributed by atoms with E-state index >= 15 is 0 Å². The predicted octanol–water partition coefficient (Wildman–Crippen LogP) is 3.35. The van der Waals surface area contributed by atoms with Crippen LogP contribution < -0.4 is 0 Å². The van der Waals surface area contributed by atoms with E-state index in [1.807, 2.05) is 60.9 Å². The summed E-state index contributed by atoms with van der Waals surface area (Å²) in [7, 11) is 0. The second-order valence-corrected chi connectivity index (χ2v) is 4.35. The molecular formula is C17H15O2. The van der Waals surface area contributed by atoms with Crippen LogP contribution in [0.2, 0.25) is 0 Å². The number of carbonyl (C=O) groups excluding carboxylic acids is 2. The predicted molar refractivity (Wildman–Crippen MR) is 74.9 cm³/mol. The van der Waals surface area contributed by atoms with Crippen LogP contribution >= 0.6 is 0 Å². The molecule has 0 fully saturated rings. The Labute approximate surface area is 113 Å². The van der Waals surface area contributed by atoms with E-state index in [4.69, 9.17) is 0 Å². The Morgan fingerprint density at radius 1 is 0.947 bits per heavy atom. The number of benzene rings is 2. The lowest BCUT2D eigenvalue weighted by atomic mass is 9.95. The van der Waals surface area contributed by atoms with Crippen LogP contribution in [0.25, 0.3) is 0 Å². The SMILES string of the molecule is O=[C]CCCc1ccccc1C(=O)c1ccccc1. The molecule has 0 heterocycles. The molecule has 95 valence electrons.